The Hall–Kier alpha value is -2.70. The largest absolute Gasteiger partial charge is 0.330 e. The van der Waals surface area contributed by atoms with E-state index in [9.17, 15) is 14.0 Å². The molecule has 2 heterocycles. The SMILES string of the molecule is CCCN(CC(=O)N1CCc2sccc2C1c1ccc(Cl)cc1)C(=O)c1ccc(F)cc1. The minimum absolute atomic E-state index is 0.0202. The van der Waals surface area contributed by atoms with E-state index in [0.29, 0.717) is 23.7 Å². The van der Waals surface area contributed by atoms with Crippen LogP contribution in [0, 0.1) is 5.82 Å². The minimum atomic E-state index is -0.398. The predicted molar refractivity (Wildman–Crippen MR) is 126 cm³/mol. The highest BCUT2D eigenvalue weighted by atomic mass is 35.5. The number of nitrogens with zero attached hydrogens (tertiary/aromatic N) is 2. The monoisotopic (exact) mass is 470 g/mol. The first-order valence-electron chi connectivity index (χ1n) is 10.6. The van der Waals surface area contributed by atoms with Gasteiger partial charge in [0.05, 0.1) is 6.04 Å². The van der Waals surface area contributed by atoms with Crippen molar-refractivity contribution in [3.63, 3.8) is 0 Å². The Bertz CT molecular complexity index is 1100. The molecule has 0 saturated heterocycles. The van der Waals surface area contributed by atoms with Gasteiger partial charge in [-0.3, -0.25) is 9.59 Å². The maximum Gasteiger partial charge on any atom is 0.254 e. The number of amides is 2. The Morgan fingerprint density at radius 1 is 1.12 bits per heavy atom. The van der Waals surface area contributed by atoms with E-state index in [-0.39, 0.29) is 24.4 Å². The van der Waals surface area contributed by atoms with Gasteiger partial charge in [0.25, 0.3) is 5.91 Å². The lowest BCUT2D eigenvalue weighted by molar-refractivity contribution is -0.134. The third-order valence-electron chi connectivity index (χ3n) is 5.67. The van der Waals surface area contributed by atoms with Crippen molar-refractivity contribution in [2.75, 3.05) is 19.6 Å². The van der Waals surface area contributed by atoms with E-state index in [4.69, 9.17) is 11.6 Å². The van der Waals surface area contributed by atoms with Crippen LogP contribution in [0.15, 0.2) is 60.0 Å². The second kappa shape index (κ2) is 9.84. The zero-order chi connectivity index (χ0) is 22.7. The lowest BCUT2D eigenvalue weighted by Gasteiger charge is -2.37. The molecular formula is C25H24ClFN2O2S. The van der Waals surface area contributed by atoms with Crippen LogP contribution in [-0.4, -0.2) is 41.2 Å². The van der Waals surface area contributed by atoms with Crippen LogP contribution < -0.4 is 0 Å². The number of hydrogen-bond donors (Lipinski definition) is 0. The second-order valence-corrected chi connectivity index (χ2v) is 9.26. The molecule has 32 heavy (non-hydrogen) atoms. The number of rotatable bonds is 6. The molecule has 0 fully saturated rings. The van der Waals surface area contributed by atoms with Gasteiger partial charge in [0.2, 0.25) is 5.91 Å². The molecule has 1 aliphatic rings. The van der Waals surface area contributed by atoms with E-state index >= 15 is 0 Å². The average molecular weight is 471 g/mol. The number of hydrogen-bond acceptors (Lipinski definition) is 3. The zero-order valence-corrected chi connectivity index (χ0v) is 19.3. The third-order valence-corrected chi connectivity index (χ3v) is 6.92. The highest BCUT2D eigenvalue weighted by Crippen LogP contribution is 2.38. The second-order valence-electron chi connectivity index (χ2n) is 7.82. The molecule has 4 rings (SSSR count). The average Bonchev–Trinajstić information content (AvgIpc) is 3.28. The van der Waals surface area contributed by atoms with Gasteiger partial charge in [0.15, 0.2) is 0 Å². The molecule has 3 aromatic rings. The fourth-order valence-electron chi connectivity index (χ4n) is 4.14. The first-order valence-corrected chi connectivity index (χ1v) is 11.9. The van der Waals surface area contributed by atoms with Gasteiger partial charge in [0, 0.05) is 28.6 Å². The summed E-state index contributed by atoms with van der Waals surface area (Å²) in [6.45, 7) is 2.98. The maximum atomic E-state index is 13.5. The molecule has 2 amide bonds. The van der Waals surface area contributed by atoms with Gasteiger partial charge in [-0.15, -0.1) is 11.3 Å². The van der Waals surface area contributed by atoms with Gasteiger partial charge >= 0.3 is 0 Å². The van der Waals surface area contributed by atoms with Crippen molar-refractivity contribution >= 4 is 34.8 Å². The van der Waals surface area contributed by atoms with Crippen molar-refractivity contribution < 1.29 is 14.0 Å². The number of carbonyl (C=O) groups excluding carboxylic acids is 2. The molecule has 1 aliphatic heterocycles. The first-order chi connectivity index (χ1) is 15.5. The van der Waals surface area contributed by atoms with Crippen LogP contribution in [0.1, 0.15) is 45.7 Å². The molecule has 0 spiro atoms. The van der Waals surface area contributed by atoms with Gasteiger partial charge in [0.1, 0.15) is 12.4 Å². The van der Waals surface area contributed by atoms with Crippen molar-refractivity contribution in [2.45, 2.75) is 25.8 Å². The zero-order valence-electron chi connectivity index (χ0n) is 17.8. The molecule has 0 bridgehead atoms. The van der Waals surface area contributed by atoms with Crippen LogP contribution in [-0.2, 0) is 11.2 Å². The summed E-state index contributed by atoms with van der Waals surface area (Å²) in [6.07, 6.45) is 1.51. The molecule has 0 aliphatic carbocycles. The molecule has 1 aromatic heterocycles. The van der Waals surface area contributed by atoms with Gasteiger partial charge in [-0.2, -0.15) is 0 Å². The topological polar surface area (TPSA) is 40.6 Å². The van der Waals surface area contributed by atoms with Crippen LogP contribution >= 0.6 is 22.9 Å². The Morgan fingerprint density at radius 3 is 2.53 bits per heavy atom. The summed E-state index contributed by atoms with van der Waals surface area (Å²) in [5.74, 6) is -0.771. The molecule has 1 unspecified atom stereocenters. The normalized spacial score (nSPS) is 15.3. The highest BCUT2D eigenvalue weighted by Gasteiger charge is 2.34. The Balaban J connectivity index is 1.60. The summed E-state index contributed by atoms with van der Waals surface area (Å²) < 4.78 is 13.3. The van der Waals surface area contributed by atoms with E-state index < -0.39 is 5.82 Å². The summed E-state index contributed by atoms with van der Waals surface area (Å²) in [6, 6.07) is 14.9. The molecule has 0 saturated carbocycles. The quantitative estimate of drug-likeness (QED) is 0.472. The van der Waals surface area contributed by atoms with E-state index in [0.717, 1.165) is 24.0 Å². The first kappa shape index (κ1) is 22.5. The van der Waals surface area contributed by atoms with Crippen LogP contribution in [0.2, 0.25) is 5.02 Å². The predicted octanol–water partition coefficient (Wildman–Crippen LogP) is 5.57. The third kappa shape index (κ3) is 4.71. The fourth-order valence-corrected chi connectivity index (χ4v) is 5.17. The Labute approximate surface area is 196 Å². The summed E-state index contributed by atoms with van der Waals surface area (Å²) in [5.41, 5.74) is 2.50. The van der Waals surface area contributed by atoms with E-state index in [1.54, 1.807) is 16.2 Å². The minimum Gasteiger partial charge on any atom is -0.330 e. The van der Waals surface area contributed by atoms with Crippen LogP contribution in [0.3, 0.4) is 0 Å². The summed E-state index contributed by atoms with van der Waals surface area (Å²) in [7, 11) is 0. The van der Waals surface area contributed by atoms with E-state index in [1.807, 2.05) is 36.1 Å². The lowest BCUT2D eigenvalue weighted by atomic mass is 9.93. The van der Waals surface area contributed by atoms with Crippen molar-refractivity contribution in [3.8, 4) is 0 Å². The van der Waals surface area contributed by atoms with Crippen LogP contribution in [0.5, 0.6) is 0 Å². The Morgan fingerprint density at radius 2 is 1.84 bits per heavy atom. The molecule has 2 aromatic carbocycles. The maximum absolute atomic E-state index is 13.5. The number of halogens is 2. The van der Waals surface area contributed by atoms with Crippen molar-refractivity contribution in [3.05, 3.63) is 92.4 Å². The lowest BCUT2D eigenvalue weighted by Crippen LogP contribution is -2.47. The molecule has 7 heteroatoms. The summed E-state index contributed by atoms with van der Waals surface area (Å²) in [5, 5.41) is 2.70. The molecule has 0 radical (unpaired) electrons. The number of carbonyl (C=O) groups is 2. The Kier molecular flexibility index (Phi) is 6.92. The molecule has 166 valence electrons. The molecule has 1 atom stereocenters. The molecule has 4 nitrogen and oxygen atoms in total. The van der Waals surface area contributed by atoms with Crippen molar-refractivity contribution in [2.24, 2.45) is 0 Å². The standard InChI is InChI=1S/C25H24ClFN2O2S/c1-2-13-28(25(31)18-5-9-20(27)10-6-18)16-23(30)29-14-11-22-21(12-15-32-22)24(29)17-3-7-19(26)8-4-17/h3-10,12,15,24H,2,11,13-14,16H2,1H3. The van der Waals surface area contributed by atoms with Crippen molar-refractivity contribution in [1.29, 1.82) is 0 Å². The summed E-state index contributed by atoms with van der Waals surface area (Å²) >= 11 is 7.80. The van der Waals surface area contributed by atoms with Gasteiger partial charge in [-0.25, -0.2) is 4.39 Å². The highest BCUT2D eigenvalue weighted by molar-refractivity contribution is 7.10. The van der Waals surface area contributed by atoms with E-state index in [2.05, 4.69) is 11.4 Å². The van der Waals surface area contributed by atoms with Crippen molar-refractivity contribution in [1.82, 2.24) is 9.80 Å². The van der Waals surface area contributed by atoms with Gasteiger partial charge < -0.3 is 9.80 Å². The number of fused-ring (bicyclic) bond motifs is 1. The van der Waals surface area contributed by atoms with E-state index in [1.165, 1.54) is 29.1 Å². The molecule has 0 N–H and O–H groups in total. The van der Waals surface area contributed by atoms with Gasteiger partial charge in [-0.1, -0.05) is 30.7 Å². The van der Waals surface area contributed by atoms with Gasteiger partial charge in [-0.05, 0) is 71.8 Å². The smallest absolute Gasteiger partial charge is 0.254 e. The fraction of sp³-hybridized carbons (Fsp3) is 0.280. The van der Waals surface area contributed by atoms with Crippen LogP contribution in [0.4, 0.5) is 4.39 Å². The molecular weight excluding hydrogens is 447 g/mol. The number of benzene rings is 2. The number of thiophene rings is 1. The van der Waals surface area contributed by atoms with Crippen LogP contribution in [0.25, 0.3) is 0 Å². The summed E-state index contributed by atoms with van der Waals surface area (Å²) in [4.78, 5) is 31.2.